The standard InChI is InChI=1S/C18H20/c1-5-7-9-11-17(3)13-15-18(4,16-14-17)12-10-8-6-2/h13-16H2,1-4H3. The summed E-state index contributed by atoms with van der Waals surface area (Å²) in [6.45, 7) is 8.10. The third kappa shape index (κ3) is 4.25. The zero-order valence-corrected chi connectivity index (χ0v) is 11.8. The smallest absolute Gasteiger partial charge is 0.0297 e. The molecule has 1 aliphatic carbocycles. The minimum Gasteiger partial charge on any atom is -0.0925 e. The van der Waals surface area contributed by atoms with Gasteiger partial charge in [-0.1, -0.05) is 23.7 Å². The third-order valence-corrected chi connectivity index (χ3v) is 3.56. The second-order valence-electron chi connectivity index (χ2n) is 5.37. The lowest BCUT2D eigenvalue weighted by Crippen LogP contribution is -2.28. The van der Waals surface area contributed by atoms with Crippen molar-refractivity contribution in [2.75, 3.05) is 0 Å². The second kappa shape index (κ2) is 6.25. The Morgan fingerprint density at radius 1 is 0.611 bits per heavy atom. The van der Waals surface area contributed by atoms with Gasteiger partial charge < -0.3 is 0 Å². The fourth-order valence-electron chi connectivity index (χ4n) is 2.09. The van der Waals surface area contributed by atoms with Crippen LogP contribution in [-0.4, -0.2) is 0 Å². The Labute approximate surface area is 112 Å². The van der Waals surface area contributed by atoms with Gasteiger partial charge in [0.15, 0.2) is 0 Å². The first kappa shape index (κ1) is 14.3. The van der Waals surface area contributed by atoms with Crippen LogP contribution in [-0.2, 0) is 0 Å². The summed E-state index contributed by atoms with van der Waals surface area (Å²) in [6, 6.07) is 0. The molecule has 0 bridgehead atoms. The van der Waals surface area contributed by atoms with Gasteiger partial charge in [0.25, 0.3) is 0 Å². The number of hydrogen-bond acceptors (Lipinski definition) is 0. The summed E-state index contributed by atoms with van der Waals surface area (Å²) in [5.41, 5.74) is 0.225. The van der Waals surface area contributed by atoms with Gasteiger partial charge >= 0.3 is 0 Å². The molecular formula is C18H20. The molecule has 1 aliphatic rings. The highest BCUT2D eigenvalue weighted by atomic mass is 14.4. The predicted molar refractivity (Wildman–Crippen MR) is 77.1 cm³/mol. The Morgan fingerprint density at radius 2 is 0.944 bits per heavy atom. The van der Waals surface area contributed by atoms with Crippen LogP contribution in [0.4, 0.5) is 0 Å². The van der Waals surface area contributed by atoms with Gasteiger partial charge in [0.2, 0.25) is 0 Å². The highest BCUT2D eigenvalue weighted by Crippen LogP contribution is 2.44. The summed E-state index contributed by atoms with van der Waals surface area (Å²) in [6.07, 6.45) is 4.37. The molecule has 0 unspecified atom stereocenters. The summed E-state index contributed by atoms with van der Waals surface area (Å²) in [4.78, 5) is 0. The van der Waals surface area contributed by atoms with Crippen molar-refractivity contribution >= 4 is 0 Å². The van der Waals surface area contributed by atoms with Crippen molar-refractivity contribution in [1.82, 2.24) is 0 Å². The molecule has 0 heterocycles. The van der Waals surface area contributed by atoms with Crippen LogP contribution >= 0.6 is 0 Å². The fraction of sp³-hybridized carbons (Fsp3) is 0.556. The van der Waals surface area contributed by atoms with Gasteiger partial charge in [-0.2, -0.15) is 0 Å². The monoisotopic (exact) mass is 236 g/mol. The summed E-state index contributed by atoms with van der Waals surface area (Å²) in [7, 11) is 0. The molecule has 0 nitrogen and oxygen atoms in total. The molecule has 1 saturated carbocycles. The van der Waals surface area contributed by atoms with Crippen LogP contribution in [0.5, 0.6) is 0 Å². The average molecular weight is 236 g/mol. The fourth-order valence-corrected chi connectivity index (χ4v) is 2.09. The topological polar surface area (TPSA) is 0 Å². The molecule has 0 aromatic heterocycles. The summed E-state index contributed by atoms with van der Waals surface area (Å²) in [5.74, 6) is 23.8. The molecule has 0 N–H and O–H groups in total. The summed E-state index contributed by atoms with van der Waals surface area (Å²) >= 11 is 0. The molecule has 1 rings (SSSR count). The molecule has 92 valence electrons. The molecular weight excluding hydrogens is 216 g/mol. The van der Waals surface area contributed by atoms with E-state index < -0.39 is 0 Å². The summed E-state index contributed by atoms with van der Waals surface area (Å²) in [5, 5.41) is 0. The van der Waals surface area contributed by atoms with Crippen LogP contribution in [0, 0.1) is 58.2 Å². The van der Waals surface area contributed by atoms with E-state index in [0.29, 0.717) is 0 Å². The SMILES string of the molecule is CC#CC#CC1(C)CCC(C)(C#CC#CC)CC1. The molecule has 0 atom stereocenters. The maximum absolute atomic E-state index is 3.30. The minimum absolute atomic E-state index is 0.113. The number of hydrogen-bond donors (Lipinski definition) is 0. The molecule has 0 aromatic carbocycles. The van der Waals surface area contributed by atoms with E-state index in [1.54, 1.807) is 0 Å². The summed E-state index contributed by atoms with van der Waals surface area (Å²) < 4.78 is 0. The normalized spacial score (nSPS) is 29.1. The van der Waals surface area contributed by atoms with Crippen LogP contribution in [0.15, 0.2) is 0 Å². The van der Waals surface area contributed by atoms with Crippen molar-refractivity contribution in [3.8, 4) is 47.4 Å². The molecule has 0 aliphatic heterocycles. The van der Waals surface area contributed by atoms with Gasteiger partial charge in [0, 0.05) is 10.8 Å². The van der Waals surface area contributed by atoms with E-state index in [0.717, 1.165) is 25.7 Å². The van der Waals surface area contributed by atoms with Gasteiger partial charge in [-0.25, -0.2) is 0 Å². The largest absolute Gasteiger partial charge is 0.0925 e. The molecule has 0 spiro atoms. The molecule has 1 fully saturated rings. The van der Waals surface area contributed by atoms with E-state index >= 15 is 0 Å². The number of rotatable bonds is 0. The average Bonchev–Trinajstić information content (AvgIpc) is 2.35. The predicted octanol–water partition coefficient (Wildman–Crippen LogP) is 3.63. The van der Waals surface area contributed by atoms with Crippen LogP contribution in [0.2, 0.25) is 0 Å². The van der Waals surface area contributed by atoms with Gasteiger partial charge in [-0.05, 0) is 77.1 Å². The van der Waals surface area contributed by atoms with E-state index in [-0.39, 0.29) is 10.8 Å². The first-order valence-corrected chi connectivity index (χ1v) is 6.41. The molecule has 18 heavy (non-hydrogen) atoms. The Bertz CT molecular complexity index is 472. The Morgan fingerprint density at radius 3 is 1.22 bits per heavy atom. The maximum atomic E-state index is 3.30. The van der Waals surface area contributed by atoms with Crippen LogP contribution in [0.25, 0.3) is 0 Å². The van der Waals surface area contributed by atoms with Crippen molar-refractivity contribution in [2.45, 2.75) is 53.4 Å². The molecule has 0 amide bonds. The lowest BCUT2D eigenvalue weighted by molar-refractivity contribution is 0.195. The van der Waals surface area contributed by atoms with Gasteiger partial charge in [-0.3, -0.25) is 0 Å². The molecule has 0 aromatic rings. The second-order valence-corrected chi connectivity index (χ2v) is 5.37. The maximum Gasteiger partial charge on any atom is 0.0297 e. The van der Waals surface area contributed by atoms with Gasteiger partial charge in [0.05, 0.1) is 0 Å². The van der Waals surface area contributed by atoms with Crippen LogP contribution in [0.1, 0.15) is 53.4 Å². The zero-order chi connectivity index (χ0) is 13.5. The van der Waals surface area contributed by atoms with Crippen molar-refractivity contribution in [3.63, 3.8) is 0 Å². The Balaban J connectivity index is 2.70. The lowest BCUT2D eigenvalue weighted by Gasteiger charge is -2.37. The Kier molecular flexibility index (Phi) is 4.96. The first-order chi connectivity index (χ1) is 8.54. The van der Waals surface area contributed by atoms with Gasteiger partial charge in [0.1, 0.15) is 0 Å². The third-order valence-electron chi connectivity index (χ3n) is 3.56. The van der Waals surface area contributed by atoms with E-state index in [1.165, 1.54) is 0 Å². The highest BCUT2D eigenvalue weighted by Gasteiger charge is 2.35. The van der Waals surface area contributed by atoms with Crippen molar-refractivity contribution < 1.29 is 0 Å². The Hall–Kier alpha value is -1.76. The van der Waals surface area contributed by atoms with E-state index in [9.17, 15) is 0 Å². The quantitative estimate of drug-likeness (QED) is 0.563. The molecule has 0 heteroatoms. The van der Waals surface area contributed by atoms with E-state index in [1.807, 2.05) is 13.8 Å². The molecule has 0 saturated heterocycles. The van der Waals surface area contributed by atoms with Crippen LogP contribution < -0.4 is 0 Å². The van der Waals surface area contributed by atoms with Crippen molar-refractivity contribution in [3.05, 3.63) is 0 Å². The first-order valence-electron chi connectivity index (χ1n) is 6.41. The highest BCUT2D eigenvalue weighted by molar-refractivity contribution is 5.31. The van der Waals surface area contributed by atoms with Crippen molar-refractivity contribution in [1.29, 1.82) is 0 Å². The van der Waals surface area contributed by atoms with Crippen LogP contribution in [0.3, 0.4) is 0 Å². The van der Waals surface area contributed by atoms with Crippen molar-refractivity contribution in [2.24, 2.45) is 10.8 Å². The van der Waals surface area contributed by atoms with Gasteiger partial charge in [-0.15, -0.1) is 0 Å². The zero-order valence-electron chi connectivity index (χ0n) is 11.8. The minimum atomic E-state index is 0.113. The lowest BCUT2D eigenvalue weighted by atomic mass is 9.66. The van der Waals surface area contributed by atoms with E-state index in [4.69, 9.17) is 0 Å². The molecule has 0 radical (unpaired) electrons. The van der Waals surface area contributed by atoms with E-state index in [2.05, 4.69) is 61.2 Å².